The fraction of sp³-hybridized carbons (Fsp3) is 0.400. The summed E-state index contributed by atoms with van der Waals surface area (Å²) >= 11 is 0. The van der Waals surface area contributed by atoms with Crippen molar-refractivity contribution in [1.29, 1.82) is 0 Å². The first-order valence-corrected chi connectivity index (χ1v) is 6.88. The molecule has 0 radical (unpaired) electrons. The maximum Gasteiger partial charge on any atom is 0.254 e. The molecule has 3 aliphatic rings. The Balaban J connectivity index is 1.62. The second-order valence-corrected chi connectivity index (χ2v) is 5.78. The summed E-state index contributed by atoms with van der Waals surface area (Å²) in [6.07, 6.45) is 8.59. The highest BCUT2D eigenvalue weighted by Gasteiger charge is 2.59. The SMILES string of the molecule is Cn1cccc1C=NN1C(=O)C2C3C=CC(C3)C2C1=O. The first-order chi connectivity index (χ1) is 9.66. The number of hydrogen-bond donors (Lipinski definition) is 0. The average Bonchev–Trinajstić information content (AvgIpc) is 3.16. The first-order valence-electron chi connectivity index (χ1n) is 6.88. The van der Waals surface area contributed by atoms with Gasteiger partial charge in [-0.2, -0.15) is 10.1 Å². The zero-order valence-electron chi connectivity index (χ0n) is 11.1. The molecule has 5 heteroatoms. The minimum Gasteiger partial charge on any atom is -0.350 e. The quantitative estimate of drug-likeness (QED) is 0.459. The van der Waals surface area contributed by atoms with E-state index in [4.69, 9.17) is 0 Å². The van der Waals surface area contributed by atoms with Gasteiger partial charge in [-0.25, -0.2) is 0 Å². The predicted molar refractivity (Wildman–Crippen MR) is 72.6 cm³/mol. The number of amides is 2. The molecular weight excluding hydrogens is 254 g/mol. The van der Waals surface area contributed by atoms with Crippen molar-refractivity contribution in [1.82, 2.24) is 9.58 Å². The molecule has 0 N–H and O–H groups in total. The summed E-state index contributed by atoms with van der Waals surface area (Å²) in [5.41, 5.74) is 0.865. The third kappa shape index (κ3) is 1.40. The van der Waals surface area contributed by atoms with E-state index in [0.29, 0.717) is 0 Å². The summed E-state index contributed by atoms with van der Waals surface area (Å²) in [5.74, 6) is -0.163. The molecule has 2 bridgehead atoms. The Labute approximate surface area is 116 Å². The molecule has 102 valence electrons. The van der Waals surface area contributed by atoms with Gasteiger partial charge in [-0.15, -0.1) is 0 Å². The topological polar surface area (TPSA) is 54.7 Å². The van der Waals surface area contributed by atoms with Crippen LogP contribution < -0.4 is 0 Å². The van der Waals surface area contributed by atoms with Gasteiger partial charge in [-0.1, -0.05) is 12.2 Å². The number of fused-ring (bicyclic) bond motifs is 5. The number of hydrazone groups is 1. The summed E-state index contributed by atoms with van der Waals surface area (Å²) < 4.78 is 1.89. The van der Waals surface area contributed by atoms with Gasteiger partial charge >= 0.3 is 0 Å². The monoisotopic (exact) mass is 269 g/mol. The number of carbonyl (C=O) groups is 2. The fourth-order valence-electron chi connectivity index (χ4n) is 3.73. The van der Waals surface area contributed by atoms with Crippen LogP contribution in [0, 0.1) is 23.7 Å². The zero-order chi connectivity index (χ0) is 13.9. The van der Waals surface area contributed by atoms with Crippen LogP contribution in [0.25, 0.3) is 0 Å². The number of aromatic nitrogens is 1. The highest BCUT2D eigenvalue weighted by Crippen LogP contribution is 2.52. The van der Waals surface area contributed by atoms with E-state index in [-0.39, 0.29) is 35.5 Å². The van der Waals surface area contributed by atoms with Crippen LogP contribution in [-0.2, 0) is 16.6 Å². The summed E-state index contributed by atoms with van der Waals surface area (Å²) in [4.78, 5) is 24.8. The van der Waals surface area contributed by atoms with Crippen molar-refractivity contribution in [3.05, 3.63) is 36.2 Å². The Hall–Kier alpha value is -2.17. The molecule has 2 fully saturated rings. The molecule has 0 spiro atoms. The molecule has 1 saturated heterocycles. The lowest BCUT2D eigenvalue weighted by Gasteiger charge is -2.13. The van der Waals surface area contributed by atoms with Crippen molar-refractivity contribution in [2.24, 2.45) is 35.8 Å². The Morgan fingerprint density at radius 3 is 2.40 bits per heavy atom. The van der Waals surface area contributed by atoms with Crippen molar-refractivity contribution < 1.29 is 9.59 Å². The highest BCUT2D eigenvalue weighted by atomic mass is 16.2. The van der Waals surface area contributed by atoms with Crippen LogP contribution in [0.4, 0.5) is 0 Å². The molecule has 2 amide bonds. The van der Waals surface area contributed by atoms with Crippen LogP contribution in [0.2, 0.25) is 0 Å². The molecule has 4 atom stereocenters. The standard InChI is InChI=1S/C15H15N3O2/c1-17-6-2-3-11(17)8-16-18-14(19)12-9-4-5-10(7-9)13(12)15(18)20/h2-6,8-10,12-13H,7H2,1H3. The normalized spacial score (nSPS) is 34.8. The van der Waals surface area contributed by atoms with Gasteiger partial charge in [0.25, 0.3) is 11.8 Å². The number of hydrogen-bond acceptors (Lipinski definition) is 3. The van der Waals surface area contributed by atoms with Crippen molar-refractivity contribution in [3.8, 4) is 0 Å². The molecule has 2 heterocycles. The molecule has 1 aromatic heterocycles. The molecule has 1 aliphatic heterocycles. The molecule has 0 aromatic carbocycles. The van der Waals surface area contributed by atoms with Crippen molar-refractivity contribution in [2.45, 2.75) is 6.42 Å². The average molecular weight is 269 g/mol. The molecule has 1 aromatic rings. The van der Waals surface area contributed by atoms with E-state index in [1.54, 1.807) is 6.21 Å². The smallest absolute Gasteiger partial charge is 0.254 e. The minimum absolute atomic E-state index is 0.137. The van der Waals surface area contributed by atoms with Gasteiger partial charge in [-0.05, 0) is 30.4 Å². The Morgan fingerprint density at radius 1 is 1.20 bits per heavy atom. The first kappa shape index (κ1) is 11.6. The summed E-state index contributed by atoms with van der Waals surface area (Å²) in [6.45, 7) is 0. The molecule has 4 rings (SSSR count). The Kier molecular flexibility index (Phi) is 2.28. The second-order valence-electron chi connectivity index (χ2n) is 5.78. The molecule has 4 unspecified atom stereocenters. The van der Waals surface area contributed by atoms with E-state index >= 15 is 0 Å². The van der Waals surface area contributed by atoms with E-state index < -0.39 is 0 Å². The van der Waals surface area contributed by atoms with E-state index in [1.165, 1.54) is 0 Å². The third-order valence-electron chi connectivity index (χ3n) is 4.74. The molecule has 1 saturated carbocycles. The van der Waals surface area contributed by atoms with Crippen LogP contribution in [-0.4, -0.2) is 27.6 Å². The Morgan fingerprint density at radius 2 is 1.85 bits per heavy atom. The Bertz CT molecular complexity index is 628. The van der Waals surface area contributed by atoms with Crippen LogP contribution >= 0.6 is 0 Å². The lowest BCUT2D eigenvalue weighted by molar-refractivity contribution is -0.140. The van der Waals surface area contributed by atoms with Gasteiger partial charge in [0, 0.05) is 13.2 Å². The highest BCUT2D eigenvalue weighted by molar-refractivity contribution is 6.06. The summed E-state index contributed by atoms with van der Waals surface area (Å²) in [5, 5.41) is 5.21. The number of imide groups is 1. The van der Waals surface area contributed by atoms with Crippen LogP contribution in [0.3, 0.4) is 0 Å². The fourth-order valence-corrected chi connectivity index (χ4v) is 3.73. The lowest BCUT2D eigenvalue weighted by Crippen LogP contribution is -2.28. The van der Waals surface area contributed by atoms with Gasteiger partial charge in [0.1, 0.15) is 0 Å². The van der Waals surface area contributed by atoms with E-state index in [9.17, 15) is 9.59 Å². The van der Waals surface area contributed by atoms with Crippen LogP contribution in [0.1, 0.15) is 12.1 Å². The summed E-state index contributed by atoms with van der Waals surface area (Å²) in [7, 11) is 1.90. The number of nitrogens with zero attached hydrogens (tertiary/aromatic N) is 3. The van der Waals surface area contributed by atoms with Gasteiger partial charge in [-0.3, -0.25) is 9.59 Å². The number of rotatable bonds is 2. The minimum atomic E-state index is -0.178. The molecule has 2 aliphatic carbocycles. The van der Waals surface area contributed by atoms with E-state index in [2.05, 4.69) is 17.3 Å². The van der Waals surface area contributed by atoms with Crippen molar-refractivity contribution >= 4 is 18.0 Å². The third-order valence-corrected chi connectivity index (χ3v) is 4.74. The summed E-state index contributed by atoms with van der Waals surface area (Å²) in [6, 6.07) is 3.79. The molecular formula is C15H15N3O2. The number of carbonyl (C=O) groups excluding carboxylic acids is 2. The van der Waals surface area contributed by atoms with Crippen molar-refractivity contribution in [3.63, 3.8) is 0 Å². The van der Waals surface area contributed by atoms with Gasteiger partial charge in [0.15, 0.2) is 0 Å². The van der Waals surface area contributed by atoms with Gasteiger partial charge < -0.3 is 4.57 Å². The van der Waals surface area contributed by atoms with E-state index in [0.717, 1.165) is 17.1 Å². The zero-order valence-corrected chi connectivity index (χ0v) is 11.1. The lowest BCUT2D eigenvalue weighted by atomic mass is 9.85. The second kappa shape index (κ2) is 3.91. The number of allylic oxidation sites excluding steroid dienone is 2. The van der Waals surface area contributed by atoms with Crippen LogP contribution in [0.5, 0.6) is 0 Å². The van der Waals surface area contributed by atoms with Crippen molar-refractivity contribution in [2.75, 3.05) is 0 Å². The van der Waals surface area contributed by atoms with Crippen LogP contribution in [0.15, 0.2) is 35.6 Å². The van der Waals surface area contributed by atoms with Gasteiger partial charge in [0.05, 0.1) is 23.7 Å². The maximum absolute atomic E-state index is 12.4. The number of aryl methyl sites for hydroxylation is 1. The molecule has 20 heavy (non-hydrogen) atoms. The molecule has 5 nitrogen and oxygen atoms in total. The van der Waals surface area contributed by atoms with E-state index in [1.807, 2.05) is 29.9 Å². The predicted octanol–water partition coefficient (Wildman–Crippen LogP) is 1.17. The largest absolute Gasteiger partial charge is 0.350 e. The maximum atomic E-state index is 12.4. The van der Waals surface area contributed by atoms with Gasteiger partial charge in [0.2, 0.25) is 0 Å².